The molecule has 0 aliphatic heterocycles. The minimum Gasteiger partial charge on any atom is -0.496 e. The van der Waals surface area contributed by atoms with Crippen LogP contribution >= 0.6 is 0 Å². The van der Waals surface area contributed by atoms with Crippen LogP contribution in [0.3, 0.4) is 0 Å². The van der Waals surface area contributed by atoms with Gasteiger partial charge in [-0.3, -0.25) is 0 Å². The number of ether oxygens (including phenoxy) is 1. The molecule has 0 spiro atoms. The van der Waals surface area contributed by atoms with E-state index in [4.69, 9.17) is 4.74 Å². The van der Waals surface area contributed by atoms with Crippen LogP contribution in [-0.4, -0.2) is 18.3 Å². The van der Waals surface area contributed by atoms with Crippen molar-refractivity contribution in [1.82, 2.24) is 0 Å². The molecule has 0 saturated heterocycles. The first-order chi connectivity index (χ1) is 7.90. The minimum absolute atomic E-state index is 0.0608. The molecule has 1 aromatic rings. The van der Waals surface area contributed by atoms with Crippen molar-refractivity contribution < 1.29 is 9.84 Å². The Bertz CT molecular complexity index is 369. The Balaban J connectivity index is 2.91. The second kappa shape index (κ2) is 5.54. The molecule has 0 radical (unpaired) electrons. The molecule has 96 valence electrons. The molecule has 17 heavy (non-hydrogen) atoms. The van der Waals surface area contributed by atoms with E-state index in [1.165, 1.54) is 5.56 Å². The Kier molecular flexibility index (Phi) is 4.58. The average Bonchev–Trinajstić information content (AvgIpc) is 2.29. The maximum absolute atomic E-state index is 10.3. The predicted molar refractivity (Wildman–Crippen MR) is 71.5 cm³/mol. The maximum atomic E-state index is 10.3. The summed E-state index contributed by atoms with van der Waals surface area (Å²) in [4.78, 5) is 0. The van der Waals surface area contributed by atoms with E-state index in [1.807, 2.05) is 12.1 Å². The van der Waals surface area contributed by atoms with Gasteiger partial charge in [-0.2, -0.15) is 0 Å². The molecule has 0 aliphatic rings. The van der Waals surface area contributed by atoms with Crippen LogP contribution in [0.15, 0.2) is 18.2 Å². The third-order valence-electron chi connectivity index (χ3n) is 3.66. The van der Waals surface area contributed by atoms with Gasteiger partial charge in [-0.25, -0.2) is 0 Å². The Labute approximate surface area is 105 Å². The second-order valence-electron chi connectivity index (χ2n) is 5.38. The molecule has 0 saturated carbocycles. The number of aliphatic hydroxyl groups is 1. The summed E-state index contributed by atoms with van der Waals surface area (Å²) in [6.07, 6.45) is 1.26. The number of aryl methyl sites for hydroxylation is 1. The lowest BCUT2D eigenvalue weighted by atomic mass is 9.81. The van der Waals surface area contributed by atoms with Gasteiger partial charge in [0, 0.05) is 6.42 Å². The van der Waals surface area contributed by atoms with Crippen LogP contribution in [0.25, 0.3) is 0 Å². The number of benzene rings is 1. The normalized spacial score (nSPS) is 13.5. The van der Waals surface area contributed by atoms with Gasteiger partial charge in [0.15, 0.2) is 0 Å². The van der Waals surface area contributed by atoms with Crippen LogP contribution in [-0.2, 0) is 6.42 Å². The Morgan fingerprint density at radius 1 is 1.35 bits per heavy atom. The van der Waals surface area contributed by atoms with E-state index in [0.29, 0.717) is 6.42 Å². The lowest BCUT2D eigenvalue weighted by molar-refractivity contribution is 0.0475. The molecule has 0 fully saturated rings. The topological polar surface area (TPSA) is 29.5 Å². The molecular weight excluding hydrogens is 212 g/mol. The third-order valence-corrected chi connectivity index (χ3v) is 3.66. The molecule has 1 N–H and O–H groups in total. The highest BCUT2D eigenvalue weighted by Gasteiger charge is 2.26. The van der Waals surface area contributed by atoms with Gasteiger partial charge in [0.2, 0.25) is 0 Å². The standard InChI is InChI=1S/C15H24O2/c1-6-15(3,4)14(16)10-12-9-11(2)7-8-13(12)17-5/h7-9,14,16H,6,10H2,1-5H3. The Morgan fingerprint density at radius 3 is 2.53 bits per heavy atom. The van der Waals surface area contributed by atoms with Gasteiger partial charge in [-0.15, -0.1) is 0 Å². The van der Waals surface area contributed by atoms with E-state index in [0.717, 1.165) is 17.7 Å². The fourth-order valence-corrected chi connectivity index (χ4v) is 1.79. The lowest BCUT2D eigenvalue weighted by Gasteiger charge is -2.29. The van der Waals surface area contributed by atoms with Crippen LogP contribution in [0, 0.1) is 12.3 Å². The van der Waals surface area contributed by atoms with Crippen LogP contribution in [0.5, 0.6) is 5.75 Å². The monoisotopic (exact) mass is 236 g/mol. The average molecular weight is 236 g/mol. The molecule has 0 aromatic heterocycles. The van der Waals surface area contributed by atoms with E-state index in [2.05, 4.69) is 33.8 Å². The Morgan fingerprint density at radius 2 is 2.00 bits per heavy atom. The lowest BCUT2D eigenvalue weighted by Crippen LogP contribution is -2.30. The quantitative estimate of drug-likeness (QED) is 0.849. The molecule has 0 aliphatic carbocycles. The third kappa shape index (κ3) is 3.47. The van der Waals surface area contributed by atoms with Crippen LogP contribution in [0.1, 0.15) is 38.3 Å². The van der Waals surface area contributed by atoms with Crippen LogP contribution < -0.4 is 4.74 Å². The molecule has 2 heteroatoms. The van der Waals surface area contributed by atoms with Gasteiger partial charge < -0.3 is 9.84 Å². The van der Waals surface area contributed by atoms with E-state index >= 15 is 0 Å². The molecule has 1 unspecified atom stereocenters. The summed E-state index contributed by atoms with van der Waals surface area (Å²) in [5.74, 6) is 0.863. The van der Waals surface area contributed by atoms with Crippen molar-refractivity contribution in [2.45, 2.75) is 46.6 Å². The molecule has 1 atom stereocenters. The number of rotatable bonds is 5. The largest absolute Gasteiger partial charge is 0.496 e. The van der Waals surface area contributed by atoms with Crippen molar-refractivity contribution in [3.63, 3.8) is 0 Å². The number of hydrogen-bond donors (Lipinski definition) is 1. The Hall–Kier alpha value is -1.02. The maximum Gasteiger partial charge on any atom is 0.122 e. The van der Waals surface area contributed by atoms with Crippen molar-refractivity contribution in [2.75, 3.05) is 7.11 Å². The van der Waals surface area contributed by atoms with Gasteiger partial charge in [0.25, 0.3) is 0 Å². The van der Waals surface area contributed by atoms with E-state index in [1.54, 1.807) is 7.11 Å². The smallest absolute Gasteiger partial charge is 0.122 e. The zero-order valence-corrected chi connectivity index (χ0v) is 11.6. The molecule has 0 amide bonds. The SMILES string of the molecule is CCC(C)(C)C(O)Cc1cc(C)ccc1OC. The summed E-state index contributed by atoms with van der Waals surface area (Å²) in [5, 5.41) is 10.3. The highest BCUT2D eigenvalue weighted by atomic mass is 16.5. The van der Waals surface area contributed by atoms with Crippen molar-refractivity contribution in [3.8, 4) is 5.75 Å². The summed E-state index contributed by atoms with van der Waals surface area (Å²) in [7, 11) is 1.67. The molecule has 1 rings (SSSR count). The minimum atomic E-state index is -0.344. The van der Waals surface area contributed by atoms with Crippen molar-refractivity contribution in [2.24, 2.45) is 5.41 Å². The fraction of sp³-hybridized carbons (Fsp3) is 0.600. The molecule has 0 heterocycles. The van der Waals surface area contributed by atoms with Gasteiger partial charge in [-0.1, -0.05) is 38.5 Å². The van der Waals surface area contributed by atoms with Crippen molar-refractivity contribution in [3.05, 3.63) is 29.3 Å². The highest BCUT2D eigenvalue weighted by Crippen LogP contribution is 2.30. The fourth-order valence-electron chi connectivity index (χ4n) is 1.79. The molecular formula is C15H24O2. The van der Waals surface area contributed by atoms with E-state index in [-0.39, 0.29) is 11.5 Å². The first-order valence-electron chi connectivity index (χ1n) is 6.22. The summed E-state index contributed by atoms with van der Waals surface area (Å²) >= 11 is 0. The highest BCUT2D eigenvalue weighted by molar-refractivity contribution is 5.37. The van der Waals surface area contributed by atoms with Crippen molar-refractivity contribution >= 4 is 0 Å². The summed E-state index contributed by atoms with van der Waals surface area (Å²) < 4.78 is 5.34. The number of hydrogen-bond acceptors (Lipinski definition) is 2. The molecule has 1 aromatic carbocycles. The van der Waals surface area contributed by atoms with Gasteiger partial charge in [0.1, 0.15) is 5.75 Å². The first-order valence-corrected chi connectivity index (χ1v) is 6.22. The van der Waals surface area contributed by atoms with Gasteiger partial charge in [-0.05, 0) is 30.4 Å². The van der Waals surface area contributed by atoms with E-state index in [9.17, 15) is 5.11 Å². The molecule has 0 bridgehead atoms. The van der Waals surface area contributed by atoms with E-state index < -0.39 is 0 Å². The number of methoxy groups -OCH3 is 1. The zero-order chi connectivity index (χ0) is 13.1. The van der Waals surface area contributed by atoms with Crippen LogP contribution in [0.4, 0.5) is 0 Å². The summed E-state index contributed by atoms with van der Waals surface area (Å²) in [5.41, 5.74) is 2.22. The van der Waals surface area contributed by atoms with Crippen LogP contribution in [0.2, 0.25) is 0 Å². The summed E-state index contributed by atoms with van der Waals surface area (Å²) in [6, 6.07) is 6.09. The first kappa shape index (κ1) is 14.0. The van der Waals surface area contributed by atoms with Gasteiger partial charge >= 0.3 is 0 Å². The van der Waals surface area contributed by atoms with Crippen molar-refractivity contribution in [1.29, 1.82) is 0 Å². The second-order valence-corrected chi connectivity index (χ2v) is 5.38. The number of aliphatic hydroxyl groups excluding tert-OH is 1. The zero-order valence-electron chi connectivity index (χ0n) is 11.6. The predicted octanol–water partition coefficient (Wildman–Crippen LogP) is 3.34. The molecule has 2 nitrogen and oxygen atoms in total. The summed E-state index contributed by atoms with van der Waals surface area (Å²) in [6.45, 7) is 8.36. The van der Waals surface area contributed by atoms with Gasteiger partial charge in [0.05, 0.1) is 13.2 Å².